The number of alkyl halides is 5. The molecule has 0 saturated heterocycles. The van der Waals surface area contributed by atoms with Gasteiger partial charge >= 0.3 is 12.1 Å². The molecule has 108 valence electrons. The predicted octanol–water partition coefficient (Wildman–Crippen LogP) is 2.90. The lowest BCUT2D eigenvalue weighted by molar-refractivity contribution is -0.291. The monoisotopic (exact) mass is 285 g/mol. The van der Waals surface area contributed by atoms with Gasteiger partial charge < -0.3 is 15.2 Å². The zero-order valence-corrected chi connectivity index (χ0v) is 10.1. The van der Waals surface area contributed by atoms with E-state index in [9.17, 15) is 22.0 Å². The van der Waals surface area contributed by atoms with Gasteiger partial charge in [0.05, 0.1) is 14.2 Å². The van der Waals surface area contributed by atoms with Crippen molar-refractivity contribution in [3.63, 3.8) is 0 Å². The number of hydrogen-bond acceptors (Lipinski definition) is 3. The van der Waals surface area contributed by atoms with Gasteiger partial charge in [-0.1, -0.05) is 0 Å². The van der Waals surface area contributed by atoms with Gasteiger partial charge in [-0.2, -0.15) is 22.0 Å². The summed E-state index contributed by atoms with van der Waals surface area (Å²) in [4.78, 5) is 0. The molecule has 3 nitrogen and oxygen atoms in total. The smallest absolute Gasteiger partial charge is 0.455 e. The molecule has 1 aromatic carbocycles. The third-order valence-electron chi connectivity index (χ3n) is 2.54. The van der Waals surface area contributed by atoms with Crippen molar-refractivity contribution < 1.29 is 31.4 Å². The summed E-state index contributed by atoms with van der Waals surface area (Å²) < 4.78 is 72.8. The number of ether oxygens (including phenoxy) is 2. The predicted molar refractivity (Wildman–Crippen MR) is 57.5 cm³/mol. The number of rotatable bonds is 4. The summed E-state index contributed by atoms with van der Waals surface area (Å²) in [6.45, 7) is 0. The van der Waals surface area contributed by atoms with Gasteiger partial charge in [0.2, 0.25) is 0 Å². The minimum Gasteiger partial charge on any atom is -0.497 e. The van der Waals surface area contributed by atoms with Crippen LogP contribution in [0.1, 0.15) is 11.6 Å². The first-order valence-corrected chi connectivity index (χ1v) is 5.07. The van der Waals surface area contributed by atoms with E-state index in [2.05, 4.69) is 0 Å². The molecule has 0 aliphatic heterocycles. The first kappa shape index (κ1) is 15.5. The Morgan fingerprint density at radius 3 is 2.05 bits per heavy atom. The van der Waals surface area contributed by atoms with E-state index >= 15 is 0 Å². The van der Waals surface area contributed by atoms with Gasteiger partial charge in [0.1, 0.15) is 17.5 Å². The van der Waals surface area contributed by atoms with Gasteiger partial charge in [-0.05, 0) is 18.2 Å². The summed E-state index contributed by atoms with van der Waals surface area (Å²) in [5, 5.41) is 0. The van der Waals surface area contributed by atoms with Crippen molar-refractivity contribution in [2.75, 3.05) is 14.2 Å². The van der Waals surface area contributed by atoms with Gasteiger partial charge in [-0.3, -0.25) is 0 Å². The van der Waals surface area contributed by atoms with Crippen molar-refractivity contribution >= 4 is 0 Å². The molecule has 0 aliphatic carbocycles. The molecule has 0 radical (unpaired) electrons. The van der Waals surface area contributed by atoms with E-state index in [-0.39, 0.29) is 11.5 Å². The van der Waals surface area contributed by atoms with Crippen molar-refractivity contribution in [1.29, 1.82) is 0 Å². The van der Waals surface area contributed by atoms with Gasteiger partial charge in [-0.15, -0.1) is 0 Å². The molecule has 0 amide bonds. The Morgan fingerprint density at radius 1 is 1.05 bits per heavy atom. The van der Waals surface area contributed by atoms with Crippen LogP contribution in [-0.4, -0.2) is 26.3 Å². The fourth-order valence-corrected chi connectivity index (χ4v) is 1.45. The van der Waals surface area contributed by atoms with Crippen LogP contribution in [0.2, 0.25) is 0 Å². The zero-order valence-electron chi connectivity index (χ0n) is 10.1. The molecule has 0 aliphatic rings. The van der Waals surface area contributed by atoms with Crippen molar-refractivity contribution in [3.8, 4) is 11.5 Å². The van der Waals surface area contributed by atoms with Crippen LogP contribution in [0.5, 0.6) is 11.5 Å². The summed E-state index contributed by atoms with van der Waals surface area (Å²) in [7, 11) is 2.39. The Bertz CT molecular complexity index is 447. The lowest BCUT2D eigenvalue weighted by atomic mass is 9.99. The maximum absolute atomic E-state index is 13.2. The standard InChI is InChI=1S/C11H12F5NO2/c1-18-6-3-4-8(19-2)7(5-6)9(17)10(12,13)11(14,15)16/h3-5,9H,17H2,1-2H3/t9-/m1/s1. The van der Waals surface area contributed by atoms with Gasteiger partial charge in [0.15, 0.2) is 0 Å². The molecule has 0 aromatic heterocycles. The Balaban J connectivity index is 3.28. The second-order valence-corrected chi connectivity index (χ2v) is 3.71. The van der Waals surface area contributed by atoms with E-state index in [1.54, 1.807) is 0 Å². The van der Waals surface area contributed by atoms with E-state index in [0.717, 1.165) is 13.2 Å². The number of methoxy groups -OCH3 is 2. The molecule has 0 spiro atoms. The summed E-state index contributed by atoms with van der Waals surface area (Å²) in [5.74, 6) is -5.14. The van der Waals surface area contributed by atoms with Crippen LogP contribution >= 0.6 is 0 Å². The van der Waals surface area contributed by atoms with Crippen molar-refractivity contribution in [2.24, 2.45) is 5.73 Å². The van der Waals surface area contributed by atoms with Crippen molar-refractivity contribution in [1.82, 2.24) is 0 Å². The lowest BCUT2D eigenvalue weighted by Crippen LogP contribution is -2.45. The molecule has 1 aromatic rings. The molecular weight excluding hydrogens is 273 g/mol. The first-order valence-electron chi connectivity index (χ1n) is 5.07. The van der Waals surface area contributed by atoms with E-state index in [1.165, 1.54) is 19.2 Å². The fourth-order valence-electron chi connectivity index (χ4n) is 1.45. The molecule has 0 bridgehead atoms. The molecule has 1 rings (SSSR count). The van der Waals surface area contributed by atoms with Crippen LogP contribution < -0.4 is 15.2 Å². The highest BCUT2D eigenvalue weighted by molar-refractivity contribution is 5.43. The Kier molecular flexibility index (Phi) is 4.24. The van der Waals surface area contributed by atoms with E-state index < -0.39 is 23.7 Å². The minimum atomic E-state index is -5.75. The van der Waals surface area contributed by atoms with Gasteiger partial charge in [0.25, 0.3) is 0 Å². The lowest BCUT2D eigenvalue weighted by Gasteiger charge is -2.27. The highest BCUT2D eigenvalue weighted by Gasteiger charge is 2.62. The average Bonchev–Trinajstić information content (AvgIpc) is 2.35. The van der Waals surface area contributed by atoms with Gasteiger partial charge in [-0.25, -0.2) is 0 Å². The number of nitrogens with two attached hydrogens (primary N) is 1. The van der Waals surface area contributed by atoms with E-state index in [4.69, 9.17) is 15.2 Å². The highest BCUT2D eigenvalue weighted by atomic mass is 19.4. The van der Waals surface area contributed by atoms with Crippen LogP contribution in [0.25, 0.3) is 0 Å². The van der Waals surface area contributed by atoms with Gasteiger partial charge in [0, 0.05) is 5.56 Å². The quantitative estimate of drug-likeness (QED) is 0.865. The molecule has 0 saturated carbocycles. The van der Waals surface area contributed by atoms with Crippen LogP contribution in [0, 0.1) is 0 Å². The molecular formula is C11H12F5NO2. The largest absolute Gasteiger partial charge is 0.497 e. The number of hydrogen-bond donors (Lipinski definition) is 1. The molecule has 8 heteroatoms. The highest BCUT2D eigenvalue weighted by Crippen LogP contribution is 2.45. The van der Waals surface area contributed by atoms with E-state index in [1.807, 2.05) is 0 Å². The minimum absolute atomic E-state index is 0.101. The fraction of sp³-hybridized carbons (Fsp3) is 0.455. The summed E-state index contributed by atoms with van der Waals surface area (Å²) in [6.07, 6.45) is -5.75. The second kappa shape index (κ2) is 5.20. The summed E-state index contributed by atoms with van der Waals surface area (Å²) in [6, 6.07) is 0.974. The van der Waals surface area contributed by atoms with Crippen molar-refractivity contribution in [2.45, 2.75) is 18.1 Å². The molecule has 19 heavy (non-hydrogen) atoms. The number of benzene rings is 1. The van der Waals surface area contributed by atoms with Crippen molar-refractivity contribution in [3.05, 3.63) is 23.8 Å². The van der Waals surface area contributed by atoms with Crippen LogP contribution in [-0.2, 0) is 0 Å². The average molecular weight is 285 g/mol. The Labute approximate surface area is 106 Å². The topological polar surface area (TPSA) is 44.5 Å². The third-order valence-corrected chi connectivity index (χ3v) is 2.54. The summed E-state index contributed by atoms with van der Waals surface area (Å²) in [5.41, 5.74) is 4.57. The Morgan fingerprint density at radius 2 is 1.63 bits per heavy atom. The second-order valence-electron chi connectivity index (χ2n) is 3.71. The molecule has 1 atom stereocenters. The SMILES string of the molecule is COc1ccc(OC)c([C@@H](N)C(F)(F)C(F)(F)F)c1. The maximum atomic E-state index is 13.2. The molecule has 0 fully saturated rings. The number of halogens is 5. The van der Waals surface area contributed by atoms with E-state index in [0.29, 0.717) is 0 Å². The Hall–Kier alpha value is -1.57. The maximum Gasteiger partial charge on any atom is 0.455 e. The van der Waals surface area contributed by atoms with Crippen LogP contribution in [0.4, 0.5) is 22.0 Å². The first-order chi connectivity index (χ1) is 8.65. The van der Waals surface area contributed by atoms with Crippen LogP contribution in [0.3, 0.4) is 0 Å². The third kappa shape index (κ3) is 2.89. The molecule has 0 heterocycles. The summed E-state index contributed by atoms with van der Waals surface area (Å²) >= 11 is 0. The molecule has 2 N–H and O–H groups in total. The van der Waals surface area contributed by atoms with Crippen LogP contribution in [0.15, 0.2) is 18.2 Å². The molecule has 0 unspecified atom stereocenters. The normalized spacial score (nSPS) is 14.1. The zero-order chi connectivity index (χ0) is 14.8.